The molecule has 0 atom stereocenters. The molecule has 140 valence electrons. The molecule has 4 rings (SSSR count). The number of hydrogen-bond donors (Lipinski definition) is 1. The SMILES string of the molecule is Cl.O=C(c1cn(C2CCNCC2)nn1)N1CCCC2(CCCCC2)C1. The molecule has 3 heterocycles. The molecule has 3 fully saturated rings. The Hall–Kier alpha value is -1.14. The van der Waals surface area contributed by atoms with Crippen molar-refractivity contribution in [2.75, 3.05) is 26.2 Å². The lowest BCUT2D eigenvalue weighted by Crippen LogP contribution is -2.47. The maximum atomic E-state index is 12.9. The fraction of sp³-hybridized carbons (Fsp3) is 0.833. The van der Waals surface area contributed by atoms with Crippen LogP contribution in [-0.2, 0) is 0 Å². The van der Waals surface area contributed by atoms with Crippen molar-refractivity contribution in [2.24, 2.45) is 5.41 Å². The molecule has 1 aliphatic carbocycles. The fourth-order valence-electron chi connectivity index (χ4n) is 4.88. The Balaban J connectivity index is 0.00000182. The van der Waals surface area contributed by atoms with Gasteiger partial charge in [0.25, 0.3) is 5.91 Å². The van der Waals surface area contributed by atoms with Crippen LogP contribution in [-0.4, -0.2) is 52.0 Å². The van der Waals surface area contributed by atoms with Gasteiger partial charge in [-0.15, -0.1) is 17.5 Å². The number of halogens is 1. The quantitative estimate of drug-likeness (QED) is 0.873. The number of likely N-dealkylation sites (tertiary alicyclic amines) is 1. The minimum atomic E-state index is 0. The van der Waals surface area contributed by atoms with Gasteiger partial charge in [0.1, 0.15) is 0 Å². The first kappa shape index (κ1) is 18.6. The van der Waals surface area contributed by atoms with Crippen LogP contribution in [0.2, 0.25) is 0 Å². The molecule has 25 heavy (non-hydrogen) atoms. The molecule has 6 nitrogen and oxygen atoms in total. The minimum Gasteiger partial charge on any atom is -0.337 e. The molecule has 3 aliphatic rings. The number of nitrogens with zero attached hydrogens (tertiary/aromatic N) is 4. The summed E-state index contributed by atoms with van der Waals surface area (Å²) >= 11 is 0. The Bertz CT molecular complexity index is 572. The minimum absolute atomic E-state index is 0. The largest absolute Gasteiger partial charge is 0.337 e. The molecule has 0 aromatic carbocycles. The molecule has 0 radical (unpaired) electrons. The predicted octanol–water partition coefficient (Wildman–Crippen LogP) is 2.81. The molecule has 1 amide bonds. The first-order valence-electron chi connectivity index (χ1n) is 9.68. The summed E-state index contributed by atoms with van der Waals surface area (Å²) in [6.07, 6.45) is 13.0. The van der Waals surface area contributed by atoms with Crippen molar-refractivity contribution in [2.45, 2.75) is 63.8 Å². The topological polar surface area (TPSA) is 63.1 Å². The number of nitrogens with one attached hydrogen (secondary N) is 1. The molecular weight excluding hydrogens is 338 g/mol. The van der Waals surface area contributed by atoms with E-state index in [0.717, 1.165) is 45.4 Å². The van der Waals surface area contributed by atoms with Gasteiger partial charge in [-0.05, 0) is 57.0 Å². The van der Waals surface area contributed by atoms with Gasteiger partial charge in [0, 0.05) is 13.1 Å². The summed E-state index contributed by atoms with van der Waals surface area (Å²) in [5.41, 5.74) is 0.915. The molecule has 7 heteroatoms. The van der Waals surface area contributed by atoms with Crippen molar-refractivity contribution in [3.63, 3.8) is 0 Å². The third kappa shape index (κ3) is 4.00. The van der Waals surface area contributed by atoms with Crippen LogP contribution >= 0.6 is 12.4 Å². The second kappa shape index (κ2) is 8.04. The molecule has 1 N–H and O–H groups in total. The molecule has 1 saturated carbocycles. The normalized spacial score (nSPS) is 24.1. The number of carbonyl (C=O) groups is 1. The zero-order valence-corrected chi connectivity index (χ0v) is 15.8. The summed E-state index contributed by atoms with van der Waals surface area (Å²) in [6.45, 7) is 3.83. The smallest absolute Gasteiger partial charge is 0.276 e. The van der Waals surface area contributed by atoms with Crippen LogP contribution in [0.4, 0.5) is 0 Å². The van der Waals surface area contributed by atoms with E-state index in [4.69, 9.17) is 0 Å². The number of amides is 1. The monoisotopic (exact) mass is 367 g/mol. The Morgan fingerprint density at radius 3 is 2.60 bits per heavy atom. The highest BCUT2D eigenvalue weighted by atomic mass is 35.5. The molecule has 2 saturated heterocycles. The number of hydrogen-bond acceptors (Lipinski definition) is 4. The molecular formula is C18H30ClN5O. The van der Waals surface area contributed by atoms with Crippen molar-refractivity contribution in [3.8, 4) is 0 Å². The third-order valence-electron chi connectivity index (χ3n) is 6.28. The van der Waals surface area contributed by atoms with Crippen molar-refractivity contribution < 1.29 is 4.79 Å². The third-order valence-corrected chi connectivity index (χ3v) is 6.28. The van der Waals surface area contributed by atoms with E-state index in [-0.39, 0.29) is 18.3 Å². The maximum absolute atomic E-state index is 12.9. The van der Waals surface area contributed by atoms with Gasteiger partial charge in [-0.25, -0.2) is 4.68 Å². The van der Waals surface area contributed by atoms with E-state index < -0.39 is 0 Å². The number of piperidine rings is 2. The second-order valence-electron chi connectivity index (χ2n) is 7.96. The lowest BCUT2D eigenvalue weighted by Gasteiger charge is -2.45. The van der Waals surface area contributed by atoms with Crippen LogP contribution in [0.5, 0.6) is 0 Å². The predicted molar refractivity (Wildman–Crippen MR) is 99.1 cm³/mol. The van der Waals surface area contributed by atoms with E-state index in [1.54, 1.807) is 0 Å². The van der Waals surface area contributed by atoms with Crippen LogP contribution in [0.1, 0.15) is 74.3 Å². The van der Waals surface area contributed by atoms with E-state index >= 15 is 0 Å². The average molecular weight is 368 g/mol. The molecule has 1 aromatic heterocycles. The highest BCUT2D eigenvalue weighted by molar-refractivity contribution is 5.92. The first-order valence-corrected chi connectivity index (χ1v) is 9.68. The molecule has 0 bridgehead atoms. The van der Waals surface area contributed by atoms with Crippen LogP contribution < -0.4 is 5.32 Å². The van der Waals surface area contributed by atoms with Gasteiger partial charge in [0.05, 0.1) is 12.2 Å². The summed E-state index contributed by atoms with van der Waals surface area (Å²) in [5, 5.41) is 11.8. The van der Waals surface area contributed by atoms with Crippen LogP contribution in [0.15, 0.2) is 6.20 Å². The fourth-order valence-corrected chi connectivity index (χ4v) is 4.88. The van der Waals surface area contributed by atoms with Crippen LogP contribution in [0.25, 0.3) is 0 Å². The summed E-state index contributed by atoms with van der Waals surface area (Å²) in [6, 6.07) is 0.381. The molecule has 2 aliphatic heterocycles. The van der Waals surface area contributed by atoms with E-state index in [1.807, 2.05) is 15.8 Å². The van der Waals surface area contributed by atoms with Gasteiger partial charge in [0.15, 0.2) is 5.69 Å². The van der Waals surface area contributed by atoms with E-state index in [0.29, 0.717) is 17.2 Å². The van der Waals surface area contributed by atoms with Gasteiger partial charge >= 0.3 is 0 Å². The number of carbonyl (C=O) groups excluding carboxylic acids is 1. The molecule has 1 aromatic rings. The maximum Gasteiger partial charge on any atom is 0.276 e. The summed E-state index contributed by atoms with van der Waals surface area (Å²) in [4.78, 5) is 15.0. The molecule has 0 unspecified atom stereocenters. The zero-order valence-electron chi connectivity index (χ0n) is 15.0. The van der Waals surface area contributed by atoms with Crippen molar-refractivity contribution in [1.29, 1.82) is 0 Å². The summed E-state index contributed by atoms with van der Waals surface area (Å²) in [5.74, 6) is 0.0832. The van der Waals surface area contributed by atoms with Gasteiger partial charge < -0.3 is 10.2 Å². The number of rotatable bonds is 2. The van der Waals surface area contributed by atoms with Crippen molar-refractivity contribution in [1.82, 2.24) is 25.2 Å². The Morgan fingerprint density at radius 2 is 1.84 bits per heavy atom. The van der Waals surface area contributed by atoms with Gasteiger partial charge in [-0.2, -0.15) is 0 Å². The van der Waals surface area contributed by atoms with E-state index in [2.05, 4.69) is 15.6 Å². The van der Waals surface area contributed by atoms with E-state index in [9.17, 15) is 4.79 Å². The van der Waals surface area contributed by atoms with Crippen LogP contribution in [0.3, 0.4) is 0 Å². The Labute approximate surface area is 156 Å². The lowest BCUT2D eigenvalue weighted by molar-refractivity contribution is 0.0379. The van der Waals surface area contributed by atoms with Gasteiger partial charge in [-0.1, -0.05) is 24.5 Å². The van der Waals surface area contributed by atoms with Gasteiger partial charge in [0.2, 0.25) is 0 Å². The van der Waals surface area contributed by atoms with Gasteiger partial charge in [-0.3, -0.25) is 4.79 Å². The highest BCUT2D eigenvalue weighted by Gasteiger charge is 2.38. The molecule has 1 spiro atoms. The first-order chi connectivity index (χ1) is 11.8. The second-order valence-corrected chi connectivity index (χ2v) is 7.96. The zero-order chi connectivity index (χ0) is 16.4. The standard InChI is InChI=1S/C18H29N5O.ClH/c24-17(16-13-23(21-20-16)15-5-10-19-11-6-15)22-12-4-9-18(14-22)7-2-1-3-8-18;/h13,15,19H,1-12,14H2;1H. The Kier molecular flexibility index (Phi) is 6.00. The van der Waals surface area contributed by atoms with E-state index in [1.165, 1.54) is 38.5 Å². The Morgan fingerprint density at radius 1 is 1.12 bits per heavy atom. The number of aromatic nitrogens is 3. The van der Waals surface area contributed by atoms with Crippen molar-refractivity contribution in [3.05, 3.63) is 11.9 Å². The summed E-state index contributed by atoms with van der Waals surface area (Å²) in [7, 11) is 0. The van der Waals surface area contributed by atoms with Crippen molar-refractivity contribution >= 4 is 18.3 Å². The average Bonchev–Trinajstić information content (AvgIpc) is 3.13. The highest BCUT2D eigenvalue weighted by Crippen LogP contribution is 2.43. The lowest BCUT2D eigenvalue weighted by atomic mass is 9.69. The summed E-state index contributed by atoms with van der Waals surface area (Å²) < 4.78 is 1.91. The van der Waals surface area contributed by atoms with Crippen LogP contribution in [0, 0.1) is 5.41 Å².